The third-order valence-corrected chi connectivity index (χ3v) is 5.82. The van der Waals surface area contributed by atoms with E-state index in [1.165, 1.54) is 44.3 Å². The molecule has 5 heteroatoms. The van der Waals surface area contributed by atoms with Gasteiger partial charge < -0.3 is 10.3 Å². The van der Waals surface area contributed by atoms with Crippen LogP contribution in [-0.2, 0) is 13.1 Å². The third kappa shape index (κ3) is 5.70. The lowest BCUT2D eigenvalue weighted by molar-refractivity contribution is 0.0949. The summed E-state index contributed by atoms with van der Waals surface area (Å²) in [7, 11) is 0. The number of nitrogens with zero attached hydrogens (tertiary/aromatic N) is 1. The van der Waals surface area contributed by atoms with Crippen molar-refractivity contribution in [2.24, 2.45) is 0 Å². The van der Waals surface area contributed by atoms with Crippen molar-refractivity contribution in [1.29, 1.82) is 0 Å². The van der Waals surface area contributed by atoms with Gasteiger partial charge in [-0.3, -0.25) is 14.5 Å². The Balaban J connectivity index is 1.33. The minimum absolute atomic E-state index is 0.123. The van der Waals surface area contributed by atoms with Gasteiger partial charge in [-0.05, 0) is 54.8 Å². The summed E-state index contributed by atoms with van der Waals surface area (Å²) in [5, 5.41) is 2.86. The Hall–Kier alpha value is -3.18. The molecule has 2 N–H and O–H groups in total. The average Bonchev–Trinajstić information content (AvgIpc) is 3.07. The minimum atomic E-state index is -0.383. The van der Waals surface area contributed by atoms with E-state index in [-0.39, 0.29) is 17.0 Å². The van der Waals surface area contributed by atoms with Crippen LogP contribution >= 0.6 is 0 Å². The maximum atomic E-state index is 12.5. The van der Waals surface area contributed by atoms with Gasteiger partial charge in [-0.1, -0.05) is 67.4 Å². The Morgan fingerprint density at radius 1 is 0.839 bits per heavy atom. The van der Waals surface area contributed by atoms with Crippen molar-refractivity contribution in [1.82, 2.24) is 15.2 Å². The zero-order chi connectivity index (χ0) is 21.5. The molecule has 4 rings (SSSR count). The zero-order valence-corrected chi connectivity index (χ0v) is 17.8. The van der Waals surface area contributed by atoms with Crippen molar-refractivity contribution >= 4 is 5.91 Å². The van der Waals surface area contributed by atoms with Gasteiger partial charge in [-0.25, -0.2) is 0 Å². The van der Waals surface area contributed by atoms with E-state index in [4.69, 9.17) is 0 Å². The molecule has 31 heavy (non-hydrogen) atoms. The molecule has 1 amide bonds. The molecule has 1 aromatic heterocycles. The molecule has 1 aliphatic heterocycles. The van der Waals surface area contributed by atoms with Gasteiger partial charge in [0.1, 0.15) is 5.56 Å². The van der Waals surface area contributed by atoms with Gasteiger partial charge in [0.05, 0.1) is 0 Å². The molecule has 1 fully saturated rings. The molecule has 0 bridgehead atoms. The second-order valence-corrected chi connectivity index (χ2v) is 8.17. The van der Waals surface area contributed by atoms with E-state index in [2.05, 4.69) is 39.5 Å². The SMILES string of the molecule is O=C(NCc1ccc(CN2CCCCCC2)cc1)c1ccc(-c2ccccc2)[nH]c1=O. The highest BCUT2D eigenvalue weighted by Crippen LogP contribution is 2.15. The fourth-order valence-corrected chi connectivity index (χ4v) is 4.03. The number of hydrogen-bond acceptors (Lipinski definition) is 3. The van der Waals surface area contributed by atoms with E-state index in [1.807, 2.05) is 30.3 Å². The second-order valence-electron chi connectivity index (χ2n) is 8.17. The van der Waals surface area contributed by atoms with Crippen molar-refractivity contribution in [2.45, 2.75) is 38.8 Å². The molecule has 1 aliphatic rings. The first-order valence-electron chi connectivity index (χ1n) is 11.1. The number of carbonyl (C=O) groups excluding carboxylic acids is 1. The predicted molar refractivity (Wildman–Crippen MR) is 124 cm³/mol. The third-order valence-electron chi connectivity index (χ3n) is 5.82. The van der Waals surface area contributed by atoms with Crippen LogP contribution in [0.1, 0.15) is 47.2 Å². The zero-order valence-electron chi connectivity index (χ0n) is 17.8. The summed E-state index contributed by atoms with van der Waals surface area (Å²) in [6, 6.07) is 21.3. The number of aromatic nitrogens is 1. The highest BCUT2D eigenvalue weighted by molar-refractivity contribution is 5.94. The first-order valence-corrected chi connectivity index (χ1v) is 11.1. The molecular weight excluding hydrogens is 386 g/mol. The second kappa shape index (κ2) is 10.2. The standard InChI is InChI=1S/C26H29N3O2/c30-25(23-14-15-24(28-26(23)31)22-8-4-3-5-9-22)27-18-20-10-12-21(13-11-20)19-29-16-6-1-2-7-17-29/h3-5,8-15H,1-2,6-7,16-19H2,(H,27,30)(H,28,31). The summed E-state index contributed by atoms with van der Waals surface area (Å²) in [6.45, 7) is 3.73. The number of benzene rings is 2. The number of carbonyl (C=O) groups is 1. The number of hydrogen-bond donors (Lipinski definition) is 2. The van der Waals surface area contributed by atoms with Crippen LogP contribution in [0.3, 0.4) is 0 Å². The normalized spacial score (nSPS) is 14.7. The molecule has 3 aromatic rings. The van der Waals surface area contributed by atoms with Crippen LogP contribution in [0.4, 0.5) is 0 Å². The maximum Gasteiger partial charge on any atom is 0.261 e. The number of aromatic amines is 1. The Labute approximate surface area is 183 Å². The van der Waals surface area contributed by atoms with Crippen LogP contribution in [0.15, 0.2) is 71.5 Å². The molecule has 0 aliphatic carbocycles. The quantitative estimate of drug-likeness (QED) is 0.629. The topological polar surface area (TPSA) is 65.2 Å². The minimum Gasteiger partial charge on any atom is -0.348 e. The summed E-state index contributed by atoms with van der Waals surface area (Å²) in [6.07, 6.45) is 5.26. The number of pyridine rings is 1. The van der Waals surface area contributed by atoms with Crippen molar-refractivity contribution in [3.8, 4) is 11.3 Å². The van der Waals surface area contributed by atoms with Gasteiger partial charge in [0.25, 0.3) is 11.5 Å². The highest BCUT2D eigenvalue weighted by atomic mass is 16.2. The van der Waals surface area contributed by atoms with E-state index in [9.17, 15) is 9.59 Å². The number of amides is 1. The van der Waals surface area contributed by atoms with Crippen LogP contribution in [0.5, 0.6) is 0 Å². The molecule has 0 spiro atoms. The van der Waals surface area contributed by atoms with Crippen molar-refractivity contribution in [3.63, 3.8) is 0 Å². The van der Waals surface area contributed by atoms with Crippen LogP contribution in [0.25, 0.3) is 11.3 Å². The van der Waals surface area contributed by atoms with Gasteiger partial charge in [-0.2, -0.15) is 0 Å². The fraction of sp³-hybridized carbons (Fsp3) is 0.308. The molecule has 2 heterocycles. The fourth-order valence-electron chi connectivity index (χ4n) is 4.03. The smallest absolute Gasteiger partial charge is 0.261 e. The van der Waals surface area contributed by atoms with Gasteiger partial charge in [0, 0.05) is 18.8 Å². The summed E-state index contributed by atoms with van der Waals surface area (Å²) in [5.41, 5.74) is 3.66. The Morgan fingerprint density at radius 2 is 1.52 bits per heavy atom. The molecule has 0 atom stereocenters. The first kappa shape index (κ1) is 21.1. The van der Waals surface area contributed by atoms with Crippen LogP contribution in [-0.4, -0.2) is 28.9 Å². The van der Waals surface area contributed by atoms with E-state index < -0.39 is 0 Å². The summed E-state index contributed by atoms with van der Waals surface area (Å²) in [4.78, 5) is 30.2. The van der Waals surface area contributed by atoms with Gasteiger partial charge in [0.15, 0.2) is 0 Å². The van der Waals surface area contributed by atoms with E-state index in [0.717, 1.165) is 17.7 Å². The molecule has 0 unspecified atom stereocenters. The van der Waals surface area contributed by atoms with Crippen molar-refractivity contribution in [3.05, 3.63) is 93.8 Å². The van der Waals surface area contributed by atoms with Crippen LogP contribution in [0, 0.1) is 0 Å². The van der Waals surface area contributed by atoms with Crippen LogP contribution in [0.2, 0.25) is 0 Å². The predicted octanol–water partition coefficient (Wildman–Crippen LogP) is 4.35. The summed E-state index contributed by atoms with van der Waals surface area (Å²) < 4.78 is 0. The van der Waals surface area contributed by atoms with E-state index in [0.29, 0.717) is 12.2 Å². The highest BCUT2D eigenvalue weighted by Gasteiger charge is 2.12. The first-order chi connectivity index (χ1) is 15.2. The molecule has 1 saturated heterocycles. The maximum absolute atomic E-state index is 12.5. The largest absolute Gasteiger partial charge is 0.348 e. The summed E-state index contributed by atoms with van der Waals surface area (Å²) in [5.74, 6) is -0.366. The monoisotopic (exact) mass is 415 g/mol. The van der Waals surface area contributed by atoms with E-state index in [1.54, 1.807) is 12.1 Å². The Bertz CT molecular complexity index is 1050. The number of likely N-dealkylation sites (tertiary alicyclic amines) is 1. The van der Waals surface area contributed by atoms with Gasteiger partial charge in [-0.15, -0.1) is 0 Å². The number of nitrogens with one attached hydrogen (secondary N) is 2. The van der Waals surface area contributed by atoms with Gasteiger partial charge >= 0.3 is 0 Å². The van der Waals surface area contributed by atoms with Crippen LogP contribution < -0.4 is 10.9 Å². The average molecular weight is 416 g/mol. The lowest BCUT2D eigenvalue weighted by Crippen LogP contribution is -2.29. The molecule has 160 valence electrons. The van der Waals surface area contributed by atoms with Crippen molar-refractivity contribution < 1.29 is 4.79 Å². The molecule has 0 radical (unpaired) electrons. The van der Waals surface area contributed by atoms with E-state index >= 15 is 0 Å². The Morgan fingerprint density at radius 3 is 2.19 bits per heavy atom. The molecular formula is C26H29N3O2. The molecule has 0 saturated carbocycles. The lowest BCUT2D eigenvalue weighted by atomic mass is 10.1. The lowest BCUT2D eigenvalue weighted by Gasteiger charge is -2.19. The number of H-pyrrole nitrogens is 1. The Kier molecular flexibility index (Phi) is 6.95. The molecule has 5 nitrogen and oxygen atoms in total. The van der Waals surface area contributed by atoms with Gasteiger partial charge in [0.2, 0.25) is 0 Å². The number of rotatable bonds is 6. The van der Waals surface area contributed by atoms with Crippen molar-refractivity contribution in [2.75, 3.05) is 13.1 Å². The summed E-state index contributed by atoms with van der Waals surface area (Å²) >= 11 is 0. The molecule has 2 aromatic carbocycles.